The molecule has 0 saturated heterocycles. The highest BCUT2D eigenvalue weighted by molar-refractivity contribution is 7.12. The van der Waals surface area contributed by atoms with E-state index >= 15 is 0 Å². The second-order valence-electron chi connectivity index (χ2n) is 5.29. The smallest absolute Gasteiger partial charge is 0.435 e. The molecule has 0 radical (unpaired) electrons. The van der Waals surface area contributed by atoms with Crippen molar-refractivity contribution in [2.24, 2.45) is 0 Å². The lowest BCUT2D eigenvalue weighted by molar-refractivity contribution is -0.141. The van der Waals surface area contributed by atoms with E-state index in [9.17, 15) is 18.0 Å². The van der Waals surface area contributed by atoms with Crippen LogP contribution < -0.4 is 4.74 Å². The number of benzene rings is 1. The maximum atomic E-state index is 13.2. The fraction of sp³-hybridized carbons (Fsp3) is 0.235. The molecule has 2 aromatic heterocycles. The number of thiazole rings is 1. The minimum Gasteiger partial charge on any atom is -0.497 e. The zero-order chi connectivity index (χ0) is 19.6. The summed E-state index contributed by atoms with van der Waals surface area (Å²) in [7, 11) is 1.49. The van der Waals surface area contributed by atoms with Gasteiger partial charge >= 0.3 is 12.1 Å². The number of hydrogen-bond donors (Lipinski definition) is 0. The van der Waals surface area contributed by atoms with Gasteiger partial charge in [-0.1, -0.05) is 0 Å². The van der Waals surface area contributed by atoms with Crippen LogP contribution in [0, 0.1) is 0 Å². The SMILES string of the molecule is CCOC(=O)c1csc(-n2nc(C(F)(F)F)cc2-c2ccc(OC)cc2)n1. The molecule has 142 valence electrons. The first-order valence-corrected chi connectivity index (χ1v) is 8.66. The van der Waals surface area contributed by atoms with Crippen molar-refractivity contribution in [1.29, 1.82) is 0 Å². The Labute approximate surface area is 156 Å². The summed E-state index contributed by atoms with van der Waals surface area (Å²) in [5, 5.41) is 5.19. The van der Waals surface area contributed by atoms with Gasteiger partial charge < -0.3 is 9.47 Å². The van der Waals surface area contributed by atoms with E-state index in [1.54, 1.807) is 31.2 Å². The maximum absolute atomic E-state index is 13.2. The summed E-state index contributed by atoms with van der Waals surface area (Å²) >= 11 is 0.994. The third-order valence-electron chi connectivity index (χ3n) is 3.54. The van der Waals surface area contributed by atoms with Gasteiger partial charge in [-0.3, -0.25) is 0 Å². The van der Waals surface area contributed by atoms with E-state index in [0.29, 0.717) is 11.3 Å². The first-order chi connectivity index (χ1) is 12.8. The predicted molar refractivity (Wildman–Crippen MR) is 92.2 cm³/mol. The third-order valence-corrected chi connectivity index (χ3v) is 4.36. The van der Waals surface area contributed by atoms with Gasteiger partial charge in [0.1, 0.15) is 5.75 Å². The fourth-order valence-electron chi connectivity index (χ4n) is 2.29. The molecule has 3 aromatic rings. The van der Waals surface area contributed by atoms with Crippen LogP contribution in [0.25, 0.3) is 16.4 Å². The van der Waals surface area contributed by atoms with Crippen molar-refractivity contribution < 1.29 is 27.4 Å². The largest absolute Gasteiger partial charge is 0.497 e. The number of methoxy groups -OCH3 is 1. The minimum absolute atomic E-state index is 0.0154. The molecule has 0 fully saturated rings. The number of aromatic nitrogens is 3. The molecule has 6 nitrogen and oxygen atoms in total. The Morgan fingerprint density at radius 2 is 1.96 bits per heavy atom. The van der Waals surface area contributed by atoms with Crippen LogP contribution in [-0.2, 0) is 10.9 Å². The highest BCUT2D eigenvalue weighted by Crippen LogP contribution is 2.34. The van der Waals surface area contributed by atoms with Crippen LogP contribution in [0.3, 0.4) is 0 Å². The summed E-state index contributed by atoms with van der Waals surface area (Å²) in [5.41, 5.74) is -0.357. The molecule has 0 aliphatic carbocycles. The minimum atomic E-state index is -4.62. The van der Waals surface area contributed by atoms with Crippen LogP contribution in [0.15, 0.2) is 35.7 Å². The molecule has 2 heterocycles. The molecule has 0 bridgehead atoms. The summed E-state index contributed by atoms with van der Waals surface area (Å²) in [5.74, 6) is -0.0751. The van der Waals surface area contributed by atoms with Crippen molar-refractivity contribution in [2.45, 2.75) is 13.1 Å². The van der Waals surface area contributed by atoms with Crippen molar-refractivity contribution in [3.63, 3.8) is 0 Å². The van der Waals surface area contributed by atoms with Crippen molar-refractivity contribution in [1.82, 2.24) is 14.8 Å². The Hall–Kier alpha value is -2.88. The molecular formula is C17H14F3N3O3S. The Morgan fingerprint density at radius 3 is 2.56 bits per heavy atom. The maximum Gasteiger partial charge on any atom is 0.435 e. The number of nitrogens with zero attached hydrogens (tertiary/aromatic N) is 3. The molecule has 0 amide bonds. The standard InChI is InChI=1S/C17H14F3N3O3S/c1-3-26-15(24)12-9-27-16(21-12)23-13(8-14(22-23)17(18,19)20)10-4-6-11(25-2)7-5-10/h4-9H,3H2,1-2H3. The molecule has 1 aromatic carbocycles. The number of carbonyl (C=O) groups is 1. The normalized spacial score (nSPS) is 11.4. The predicted octanol–water partition coefficient (Wildman–Crippen LogP) is 4.20. The highest BCUT2D eigenvalue weighted by atomic mass is 32.1. The van der Waals surface area contributed by atoms with E-state index in [1.165, 1.54) is 12.5 Å². The number of carbonyl (C=O) groups excluding carboxylic acids is 1. The van der Waals surface area contributed by atoms with Crippen LogP contribution >= 0.6 is 11.3 Å². The molecule has 0 N–H and O–H groups in total. The van der Waals surface area contributed by atoms with Crippen LogP contribution in [0.2, 0.25) is 0 Å². The summed E-state index contributed by atoms with van der Waals surface area (Å²) in [6.07, 6.45) is -4.62. The third kappa shape index (κ3) is 3.95. The van der Waals surface area contributed by atoms with E-state index in [4.69, 9.17) is 9.47 Å². The van der Waals surface area contributed by atoms with Gasteiger partial charge in [-0.15, -0.1) is 11.3 Å². The summed E-state index contributed by atoms with van der Waals surface area (Å²) in [4.78, 5) is 15.8. The van der Waals surface area contributed by atoms with Crippen LogP contribution in [0.5, 0.6) is 5.75 Å². The van der Waals surface area contributed by atoms with E-state index in [2.05, 4.69) is 10.1 Å². The molecule has 0 spiro atoms. The van der Waals surface area contributed by atoms with Crippen LogP contribution in [0.1, 0.15) is 23.1 Å². The van der Waals surface area contributed by atoms with Crippen molar-refractivity contribution in [3.05, 3.63) is 47.1 Å². The van der Waals surface area contributed by atoms with Crippen LogP contribution in [0.4, 0.5) is 13.2 Å². The molecule has 10 heteroatoms. The lowest BCUT2D eigenvalue weighted by Gasteiger charge is -2.05. The number of hydrogen-bond acceptors (Lipinski definition) is 6. The molecule has 27 heavy (non-hydrogen) atoms. The zero-order valence-electron chi connectivity index (χ0n) is 14.3. The topological polar surface area (TPSA) is 66.2 Å². The molecule has 0 atom stereocenters. The Bertz CT molecular complexity index is 948. The van der Waals surface area contributed by atoms with Gasteiger partial charge in [-0.05, 0) is 37.3 Å². The number of rotatable bonds is 5. The summed E-state index contributed by atoms with van der Waals surface area (Å²) in [6.45, 7) is 1.82. The second-order valence-corrected chi connectivity index (χ2v) is 6.13. The van der Waals surface area contributed by atoms with Gasteiger partial charge in [0.2, 0.25) is 5.13 Å². The first-order valence-electron chi connectivity index (χ1n) is 7.78. The van der Waals surface area contributed by atoms with E-state index in [1.807, 2.05) is 0 Å². The lowest BCUT2D eigenvalue weighted by atomic mass is 10.1. The first kappa shape index (κ1) is 18.9. The van der Waals surface area contributed by atoms with Gasteiger partial charge in [-0.25, -0.2) is 14.5 Å². The second kappa shape index (κ2) is 7.39. The monoisotopic (exact) mass is 397 g/mol. The number of ether oxygens (including phenoxy) is 2. The zero-order valence-corrected chi connectivity index (χ0v) is 15.1. The molecule has 0 unspecified atom stereocenters. The van der Waals surface area contributed by atoms with Crippen molar-refractivity contribution in [2.75, 3.05) is 13.7 Å². The Balaban J connectivity index is 2.08. The van der Waals surface area contributed by atoms with Gasteiger partial charge in [0.25, 0.3) is 0 Å². The van der Waals surface area contributed by atoms with Crippen LogP contribution in [-0.4, -0.2) is 34.5 Å². The molecule has 3 rings (SSSR count). The average molecular weight is 397 g/mol. The average Bonchev–Trinajstić information content (AvgIpc) is 3.28. The van der Waals surface area contributed by atoms with Crippen molar-refractivity contribution in [3.8, 4) is 22.1 Å². The number of halogens is 3. The summed E-state index contributed by atoms with van der Waals surface area (Å²) in [6, 6.07) is 7.43. The number of esters is 1. The molecular weight excluding hydrogens is 383 g/mol. The van der Waals surface area contributed by atoms with Gasteiger partial charge in [0.05, 0.1) is 19.4 Å². The summed E-state index contributed by atoms with van der Waals surface area (Å²) < 4.78 is 50.5. The van der Waals surface area contributed by atoms with Gasteiger partial charge in [0.15, 0.2) is 11.4 Å². The fourth-order valence-corrected chi connectivity index (χ4v) is 3.05. The van der Waals surface area contributed by atoms with E-state index < -0.39 is 17.8 Å². The molecule has 0 aliphatic heterocycles. The molecule has 0 saturated carbocycles. The van der Waals surface area contributed by atoms with Crippen molar-refractivity contribution >= 4 is 17.3 Å². The lowest BCUT2D eigenvalue weighted by Crippen LogP contribution is -2.08. The van der Waals surface area contributed by atoms with Gasteiger partial charge in [0, 0.05) is 10.9 Å². The molecule has 0 aliphatic rings. The van der Waals surface area contributed by atoms with Gasteiger partial charge in [-0.2, -0.15) is 18.3 Å². The quantitative estimate of drug-likeness (QED) is 0.604. The van der Waals surface area contributed by atoms with E-state index in [0.717, 1.165) is 22.1 Å². The highest BCUT2D eigenvalue weighted by Gasteiger charge is 2.35. The Kier molecular flexibility index (Phi) is 5.17. The Morgan fingerprint density at radius 1 is 1.26 bits per heavy atom. The van der Waals surface area contributed by atoms with E-state index in [-0.39, 0.29) is 23.1 Å². The number of alkyl halides is 3.